The Morgan fingerprint density at radius 1 is 1.32 bits per heavy atom. The Morgan fingerprint density at radius 3 is 2.71 bits per heavy atom. The summed E-state index contributed by atoms with van der Waals surface area (Å²) in [5.74, 6) is 0.995. The molecular formula is C18H25BrFN7O3S. The van der Waals surface area contributed by atoms with E-state index in [1.165, 1.54) is 6.07 Å². The normalized spacial score (nSPS) is 19.9. The number of amidine groups is 1. The minimum Gasteiger partial charge on any atom is -0.363 e. The molecule has 0 bridgehead atoms. The summed E-state index contributed by atoms with van der Waals surface area (Å²) >= 11 is 3.16. The number of nitrogens with two attached hydrogens (primary N) is 1. The van der Waals surface area contributed by atoms with E-state index < -0.39 is 10.2 Å². The molecule has 0 amide bonds. The van der Waals surface area contributed by atoms with Crippen LogP contribution < -0.4 is 20.5 Å². The van der Waals surface area contributed by atoms with Gasteiger partial charge in [-0.05, 0) is 82.5 Å². The lowest BCUT2D eigenvalue weighted by Gasteiger charge is -2.29. The number of anilines is 2. The highest BCUT2D eigenvalue weighted by molar-refractivity contribution is 9.10. The standard InChI is InChI=1S/C18H25BrFN7O3S/c1-22-17(25-13-6-7-15(20)14(19)10-13)16-18(27-30-26-16)24-12-4-2-11(3-5-12)8-9-23-31(21,28)29/h6-7,10-12,23H,2-5,8-9H2,1H3,(H,22,25)(H,24,27)(H2,21,28,29)/t11-,12-. The summed E-state index contributed by atoms with van der Waals surface area (Å²) in [6.07, 6.45) is 4.48. The molecule has 170 valence electrons. The molecule has 13 heteroatoms. The lowest BCUT2D eigenvalue weighted by atomic mass is 9.84. The maximum absolute atomic E-state index is 13.5. The van der Waals surface area contributed by atoms with Gasteiger partial charge in [-0.1, -0.05) is 0 Å². The molecule has 1 aromatic carbocycles. The van der Waals surface area contributed by atoms with E-state index in [4.69, 9.17) is 9.77 Å². The van der Waals surface area contributed by atoms with Crippen LogP contribution in [0.5, 0.6) is 0 Å². The van der Waals surface area contributed by atoms with Gasteiger partial charge in [0.15, 0.2) is 11.5 Å². The Kier molecular flexibility index (Phi) is 7.97. The number of aromatic nitrogens is 2. The Balaban J connectivity index is 1.56. The fourth-order valence-electron chi connectivity index (χ4n) is 3.56. The fourth-order valence-corrected chi connectivity index (χ4v) is 4.35. The first-order valence-electron chi connectivity index (χ1n) is 9.81. The molecule has 1 aliphatic rings. The Morgan fingerprint density at radius 2 is 2.06 bits per heavy atom. The number of aliphatic imine (C=N–C) groups is 1. The van der Waals surface area contributed by atoms with E-state index in [0.717, 1.165) is 32.1 Å². The van der Waals surface area contributed by atoms with Crippen molar-refractivity contribution in [2.24, 2.45) is 16.0 Å². The summed E-state index contributed by atoms with van der Waals surface area (Å²) in [6, 6.07) is 4.73. The van der Waals surface area contributed by atoms with Crippen LogP contribution >= 0.6 is 15.9 Å². The van der Waals surface area contributed by atoms with Crippen LogP contribution in [-0.2, 0) is 10.2 Å². The molecule has 10 nitrogen and oxygen atoms in total. The first kappa shape index (κ1) is 23.6. The summed E-state index contributed by atoms with van der Waals surface area (Å²) in [6.45, 7) is 0.348. The van der Waals surface area contributed by atoms with Crippen LogP contribution in [0.2, 0.25) is 0 Å². The molecule has 0 radical (unpaired) electrons. The Bertz CT molecular complexity index is 1020. The monoisotopic (exact) mass is 517 g/mol. The van der Waals surface area contributed by atoms with E-state index in [-0.39, 0.29) is 11.9 Å². The lowest BCUT2D eigenvalue weighted by molar-refractivity contribution is 0.304. The largest absolute Gasteiger partial charge is 0.363 e. The van der Waals surface area contributed by atoms with Crippen LogP contribution in [0, 0.1) is 11.7 Å². The number of halogens is 2. The van der Waals surface area contributed by atoms with Gasteiger partial charge in [0.05, 0.1) is 4.47 Å². The van der Waals surface area contributed by atoms with Crippen molar-refractivity contribution in [3.63, 3.8) is 0 Å². The average molecular weight is 518 g/mol. The van der Waals surface area contributed by atoms with Crippen molar-refractivity contribution in [3.05, 3.63) is 34.2 Å². The minimum atomic E-state index is -3.64. The van der Waals surface area contributed by atoms with Gasteiger partial charge >= 0.3 is 0 Å². The first-order chi connectivity index (χ1) is 14.7. The summed E-state index contributed by atoms with van der Waals surface area (Å²) in [5, 5.41) is 19.4. The van der Waals surface area contributed by atoms with Crippen LogP contribution in [0.1, 0.15) is 37.8 Å². The Hall–Kier alpha value is -2.09. The van der Waals surface area contributed by atoms with Gasteiger partial charge in [-0.15, -0.1) is 0 Å². The maximum Gasteiger partial charge on any atom is 0.274 e. The predicted octanol–water partition coefficient (Wildman–Crippen LogP) is 2.61. The topological polar surface area (TPSA) is 148 Å². The highest BCUT2D eigenvalue weighted by Gasteiger charge is 2.24. The molecule has 2 aromatic rings. The van der Waals surface area contributed by atoms with Gasteiger partial charge in [0.1, 0.15) is 5.82 Å². The van der Waals surface area contributed by atoms with Gasteiger partial charge in [0.25, 0.3) is 10.2 Å². The van der Waals surface area contributed by atoms with Gasteiger partial charge in [-0.2, -0.15) is 8.42 Å². The molecule has 5 N–H and O–H groups in total. The number of nitrogens with one attached hydrogen (secondary N) is 3. The summed E-state index contributed by atoms with van der Waals surface area (Å²) in [7, 11) is -2.03. The average Bonchev–Trinajstić information content (AvgIpc) is 3.17. The van der Waals surface area contributed by atoms with Gasteiger partial charge in [0, 0.05) is 25.3 Å². The third-order valence-electron chi connectivity index (χ3n) is 5.16. The van der Waals surface area contributed by atoms with Crippen molar-refractivity contribution >= 4 is 43.5 Å². The van der Waals surface area contributed by atoms with E-state index in [2.05, 4.69) is 46.6 Å². The molecule has 0 spiro atoms. The number of benzene rings is 1. The zero-order valence-corrected chi connectivity index (χ0v) is 19.3. The van der Waals surface area contributed by atoms with E-state index >= 15 is 0 Å². The van der Waals surface area contributed by atoms with E-state index in [1.54, 1.807) is 19.2 Å². The van der Waals surface area contributed by atoms with E-state index in [0.29, 0.717) is 40.0 Å². The molecule has 1 saturated carbocycles. The zero-order chi connectivity index (χ0) is 22.4. The second-order valence-corrected chi connectivity index (χ2v) is 9.61. The summed E-state index contributed by atoms with van der Waals surface area (Å²) in [4.78, 5) is 4.22. The Labute approximate surface area is 188 Å². The molecule has 31 heavy (non-hydrogen) atoms. The van der Waals surface area contributed by atoms with Crippen molar-refractivity contribution in [2.45, 2.75) is 38.1 Å². The SMILES string of the molecule is C/N=C(/Nc1ccc(F)c(Br)c1)c1nonc1N[C@H]1CC[C@H](CCNS(N)(=O)=O)CC1. The molecule has 1 aromatic heterocycles. The summed E-state index contributed by atoms with van der Waals surface area (Å²) < 4.78 is 43.0. The van der Waals surface area contributed by atoms with Crippen LogP contribution in [0.4, 0.5) is 15.9 Å². The number of nitrogens with zero attached hydrogens (tertiary/aromatic N) is 3. The molecule has 0 saturated heterocycles. The minimum absolute atomic E-state index is 0.186. The van der Waals surface area contributed by atoms with Crippen molar-refractivity contribution in [3.8, 4) is 0 Å². The molecule has 1 heterocycles. The number of hydrogen-bond donors (Lipinski definition) is 4. The number of rotatable bonds is 8. The van der Waals surface area contributed by atoms with Crippen LogP contribution in [-0.4, -0.2) is 44.2 Å². The maximum atomic E-state index is 13.5. The van der Waals surface area contributed by atoms with Crippen LogP contribution in [0.3, 0.4) is 0 Å². The highest BCUT2D eigenvalue weighted by atomic mass is 79.9. The van der Waals surface area contributed by atoms with Gasteiger partial charge in [-0.3, -0.25) is 4.99 Å². The zero-order valence-electron chi connectivity index (χ0n) is 16.9. The highest BCUT2D eigenvalue weighted by Crippen LogP contribution is 2.29. The molecule has 0 unspecified atom stereocenters. The van der Waals surface area contributed by atoms with Crippen molar-refractivity contribution < 1.29 is 17.4 Å². The second-order valence-electron chi connectivity index (χ2n) is 7.38. The van der Waals surface area contributed by atoms with Crippen molar-refractivity contribution in [1.29, 1.82) is 0 Å². The van der Waals surface area contributed by atoms with Crippen LogP contribution in [0.25, 0.3) is 0 Å². The number of hydrogen-bond acceptors (Lipinski definition) is 7. The molecular weight excluding hydrogens is 493 g/mol. The third kappa shape index (κ3) is 6.95. The smallest absolute Gasteiger partial charge is 0.274 e. The molecule has 0 atom stereocenters. The molecule has 1 fully saturated rings. The fraction of sp³-hybridized carbons (Fsp3) is 0.500. The van der Waals surface area contributed by atoms with Gasteiger partial charge < -0.3 is 10.6 Å². The quantitative estimate of drug-likeness (QED) is 0.310. The lowest BCUT2D eigenvalue weighted by Crippen LogP contribution is -2.33. The van der Waals surface area contributed by atoms with Crippen molar-refractivity contribution in [2.75, 3.05) is 24.2 Å². The van der Waals surface area contributed by atoms with E-state index in [9.17, 15) is 12.8 Å². The van der Waals surface area contributed by atoms with E-state index in [1.807, 2.05) is 0 Å². The van der Waals surface area contributed by atoms with Gasteiger partial charge in [0.2, 0.25) is 5.82 Å². The van der Waals surface area contributed by atoms with Crippen LogP contribution in [0.15, 0.2) is 32.3 Å². The molecule has 0 aliphatic heterocycles. The van der Waals surface area contributed by atoms with Gasteiger partial charge in [-0.25, -0.2) is 18.9 Å². The predicted molar refractivity (Wildman–Crippen MR) is 120 cm³/mol. The molecule has 1 aliphatic carbocycles. The first-order valence-corrected chi connectivity index (χ1v) is 12.1. The second kappa shape index (κ2) is 10.5. The van der Waals surface area contributed by atoms with Crippen molar-refractivity contribution in [1.82, 2.24) is 15.0 Å². The molecule has 3 rings (SSSR count). The third-order valence-corrected chi connectivity index (χ3v) is 6.38. The summed E-state index contributed by atoms with van der Waals surface area (Å²) in [5.41, 5.74) is 1.07.